The molecule has 2 aromatic rings. The molecule has 0 aliphatic carbocycles. The van der Waals surface area contributed by atoms with Crippen molar-refractivity contribution in [1.29, 1.82) is 0 Å². The van der Waals surface area contributed by atoms with Crippen molar-refractivity contribution in [3.63, 3.8) is 0 Å². The average molecular weight is 398 g/mol. The predicted octanol–water partition coefficient (Wildman–Crippen LogP) is 1.26. The lowest BCUT2D eigenvalue weighted by molar-refractivity contribution is -0.131. The molecule has 2 heterocycles. The number of nitrogens with one attached hydrogen (secondary N) is 1. The van der Waals surface area contributed by atoms with E-state index >= 15 is 0 Å². The lowest BCUT2D eigenvalue weighted by atomic mass is 10.1. The Bertz CT molecular complexity index is 940. The number of ether oxygens (including phenoxy) is 1. The van der Waals surface area contributed by atoms with Gasteiger partial charge in [0.15, 0.2) is 0 Å². The van der Waals surface area contributed by atoms with Crippen LogP contribution in [0.5, 0.6) is 5.75 Å². The van der Waals surface area contributed by atoms with Crippen molar-refractivity contribution in [2.75, 3.05) is 13.7 Å². The molecule has 1 aliphatic rings. The van der Waals surface area contributed by atoms with Crippen molar-refractivity contribution in [1.82, 2.24) is 20.0 Å². The Balaban J connectivity index is 1.57. The fourth-order valence-corrected chi connectivity index (χ4v) is 3.41. The summed E-state index contributed by atoms with van der Waals surface area (Å²) in [6.45, 7) is 2.71. The molecule has 1 unspecified atom stereocenters. The van der Waals surface area contributed by atoms with Crippen molar-refractivity contribution < 1.29 is 14.3 Å². The van der Waals surface area contributed by atoms with Crippen molar-refractivity contribution in [3.8, 4) is 5.75 Å². The number of hydrogen-bond acceptors (Lipinski definition) is 5. The van der Waals surface area contributed by atoms with Crippen LogP contribution in [-0.2, 0) is 22.7 Å². The summed E-state index contributed by atoms with van der Waals surface area (Å²) in [5.41, 5.74) is 1.36. The van der Waals surface area contributed by atoms with E-state index in [1.165, 1.54) is 6.07 Å². The number of nitrogens with zero attached hydrogens (tertiary/aromatic N) is 3. The average Bonchev–Trinajstić information content (AvgIpc) is 2.87. The van der Waals surface area contributed by atoms with Gasteiger partial charge in [-0.05, 0) is 43.5 Å². The minimum Gasteiger partial charge on any atom is -0.497 e. The summed E-state index contributed by atoms with van der Waals surface area (Å²) in [4.78, 5) is 38.5. The van der Waals surface area contributed by atoms with E-state index in [2.05, 4.69) is 10.4 Å². The second-order valence-electron chi connectivity index (χ2n) is 7.23. The van der Waals surface area contributed by atoms with Gasteiger partial charge >= 0.3 is 0 Å². The molecule has 0 spiro atoms. The number of aryl methyl sites for hydroxylation is 1. The van der Waals surface area contributed by atoms with Gasteiger partial charge in [-0.3, -0.25) is 14.4 Å². The fourth-order valence-electron chi connectivity index (χ4n) is 3.41. The third-order valence-corrected chi connectivity index (χ3v) is 4.97. The predicted molar refractivity (Wildman–Crippen MR) is 107 cm³/mol. The molecular formula is C21H26N4O4. The summed E-state index contributed by atoms with van der Waals surface area (Å²) in [6, 6.07) is 10.6. The lowest BCUT2D eigenvalue weighted by Gasteiger charge is -2.21. The van der Waals surface area contributed by atoms with Gasteiger partial charge in [0, 0.05) is 31.6 Å². The van der Waals surface area contributed by atoms with Gasteiger partial charge in [0.25, 0.3) is 5.56 Å². The van der Waals surface area contributed by atoms with Gasteiger partial charge in [-0.15, -0.1) is 0 Å². The maximum Gasteiger partial charge on any atom is 0.267 e. The molecule has 3 rings (SSSR count). The molecule has 0 bridgehead atoms. The van der Waals surface area contributed by atoms with E-state index in [1.807, 2.05) is 29.2 Å². The molecule has 1 N–H and O–H groups in total. The number of methoxy groups -OCH3 is 1. The van der Waals surface area contributed by atoms with Crippen LogP contribution in [-0.4, -0.2) is 46.2 Å². The Hall–Kier alpha value is -3.16. The summed E-state index contributed by atoms with van der Waals surface area (Å²) in [5, 5.41) is 7.02. The number of carbonyl (C=O) groups excluding carboxylic acids is 2. The number of aromatic nitrogens is 2. The van der Waals surface area contributed by atoms with E-state index in [4.69, 9.17) is 4.74 Å². The van der Waals surface area contributed by atoms with Crippen LogP contribution >= 0.6 is 0 Å². The van der Waals surface area contributed by atoms with E-state index < -0.39 is 0 Å². The third kappa shape index (κ3) is 5.66. The zero-order chi connectivity index (χ0) is 20.8. The molecule has 0 radical (unpaired) electrons. The van der Waals surface area contributed by atoms with Gasteiger partial charge < -0.3 is 15.0 Å². The van der Waals surface area contributed by atoms with Gasteiger partial charge in [-0.2, -0.15) is 5.10 Å². The SMILES string of the molecule is COc1cccc(CN2CCC(NC(=O)Cn3nc(C)ccc3=O)CCC2=O)c1. The highest BCUT2D eigenvalue weighted by Crippen LogP contribution is 2.18. The smallest absolute Gasteiger partial charge is 0.267 e. The topological polar surface area (TPSA) is 93.5 Å². The molecule has 1 aliphatic heterocycles. The Morgan fingerprint density at radius 3 is 2.86 bits per heavy atom. The maximum atomic E-state index is 12.5. The first-order valence-corrected chi connectivity index (χ1v) is 9.69. The van der Waals surface area contributed by atoms with Crippen molar-refractivity contribution in [3.05, 3.63) is 58.0 Å². The summed E-state index contributed by atoms with van der Waals surface area (Å²) in [7, 11) is 1.61. The summed E-state index contributed by atoms with van der Waals surface area (Å²) >= 11 is 0. The zero-order valence-corrected chi connectivity index (χ0v) is 16.8. The molecule has 1 aromatic carbocycles. The number of carbonyl (C=O) groups is 2. The molecule has 1 aromatic heterocycles. The van der Waals surface area contributed by atoms with Crippen LogP contribution in [0.1, 0.15) is 30.5 Å². The molecule has 0 saturated carbocycles. The van der Waals surface area contributed by atoms with Crippen molar-refractivity contribution in [2.24, 2.45) is 0 Å². The van der Waals surface area contributed by atoms with Crippen LogP contribution in [0.2, 0.25) is 0 Å². The summed E-state index contributed by atoms with van der Waals surface area (Å²) in [5.74, 6) is 0.556. The molecule has 8 heteroatoms. The molecule has 29 heavy (non-hydrogen) atoms. The van der Waals surface area contributed by atoms with Crippen LogP contribution in [0.15, 0.2) is 41.2 Å². The largest absolute Gasteiger partial charge is 0.497 e. The highest BCUT2D eigenvalue weighted by atomic mass is 16.5. The monoisotopic (exact) mass is 398 g/mol. The third-order valence-electron chi connectivity index (χ3n) is 4.97. The highest BCUT2D eigenvalue weighted by molar-refractivity contribution is 5.78. The number of likely N-dealkylation sites (tertiary alicyclic amines) is 1. The molecule has 154 valence electrons. The van der Waals surface area contributed by atoms with Crippen LogP contribution < -0.4 is 15.6 Å². The number of benzene rings is 1. The van der Waals surface area contributed by atoms with E-state index in [0.29, 0.717) is 38.0 Å². The summed E-state index contributed by atoms with van der Waals surface area (Å²) in [6.07, 6.45) is 1.62. The van der Waals surface area contributed by atoms with Crippen molar-refractivity contribution >= 4 is 11.8 Å². The van der Waals surface area contributed by atoms with Gasteiger partial charge in [0.05, 0.1) is 12.8 Å². The van der Waals surface area contributed by atoms with Gasteiger partial charge in [0.1, 0.15) is 12.3 Å². The van der Waals surface area contributed by atoms with E-state index in [1.54, 1.807) is 20.1 Å². The van der Waals surface area contributed by atoms with Crippen LogP contribution in [0.4, 0.5) is 0 Å². The normalized spacial score (nSPS) is 17.0. The second kappa shape index (κ2) is 9.36. The minimum atomic E-state index is -0.314. The van der Waals surface area contributed by atoms with Crippen molar-refractivity contribution in [2.45, 2.75) is 45.3 Å². The Kier molecular flexibility index (Phi) is 6.64. The first kappa shape index (κ1) is 20.6. The molecule has 1 saturated heterocycles. The van der Waals surface area contributed by atoms with Crippen LogP contribution in [0, 0.1) is 6.92 Å². The summed E-state index contributed by atoms with van der Waals surface area (Å²) < 4.78 is 6.40. The second-order valence-corrected chi connectivity index (χ2v) is 7.23. The van der Waals surface area contributed by atoms with Crippen LogP contribution in [0.3, 0.4) is 0 Å². The van der Waals surface area contributed by atoms with Gasteiger partial charge in [-0.1, -0.05) is 12.1 Å². The fraction of sp³-hybridized carbons (Fsp3) is 0.429. The molecule has 1 fully saturated rings. The lowest BCUT2D eigenvalue weighted by Crippen LogP contribution is -2.40. The first-order chi connectivity index (χ1) is 13.9. The van der Waals surface area contributed by atoms with Gasteiger partial charge in [0.2, 0.25) is 11.8 Å². The number of hydrogen-bond donors (Lipinski definition) is 1. The first-order valence-electron chi connectivity index (χ1n) is 9.69. The molecular weight excluding hydrogens is 372 g/mol. The van der Waals surface area contributed by atoms with E-state index in [-0.39, 0.29) is 30.0 Å². The quantitative estimate of drug-likeness (QED) is 0.791. The number of rotatable bonds is 6. The molecule has 2 amide bonds. The Labute approximate surface area is 169 Å². The highest BCUT2D eigenvalue weighted by Gasteiger charge is 2.24. The maximum absolute atomic E-state index is 12.5. The minimum absolute atomic E-state index is 0.0705. The van der Waals surface area contributed by atoms with E-state index in [9.17, 15) is 14.4 Å². The Morgan fingerprint density at radius 1 is 1.24 bits per heavy atom. The van der Waals surface area contributed by atoms with E-state index in [0.717, 1.165) is 16.0 Å². The molecule has 1 atom stereocenters. The standard InChI is InChI=1S/C21H26N4O4/c1-15-6-8-21(28)25(23-15)14-19(26)22-17-7-9-20(27)24(11-10-17)13-16-4-3-5-18(12-16)29-2/h3-6,8,12,17H,7,9-11,13-14H2,1-2H3,(H,22,26). The number of amides is 2. The van der Waals surface area contributed by atoms with Gasteiger partial charge in [-0.25, -0.2) is 4.68 Å². The molecule has 8 nitrogen and oxygen atoms in total. The van der Waals surface area contributed by atoms with Crippen LogP contribution in [0.25, 0.3) is 0 Å². The Morgan fingerprint density at radius 2 is 2.07 bits per heavy atom. The zero-order valence-electron chi connectivity index (χ0n) is 16.8.